The molecule has 3 aromatic rings. The monoisotopic (exact) mass is 653 g/mol. The molecule has 0 unspecified atom stereocenters. The van der Waals surface area contributed by atoms with Gasteiger partial charge in [-0.2, -0.15) is 17.5 Å². The Morgan fingerprint density at radius 3 is 2.34 bits per heavy atom. The number of amides is 2. The second kappa shape index (κ2) is 13.3. The minimum Gasteiger partial charge on any atom is -0.497 e. The number of alkyl halides is 3. The lowest BCUT2D eigenvalue weighted by atomic mass is 10.1. The van der Waals surface area contributed by atoms with Crippen LogP contribution in [0.15, 0.2) is 46.3 Å². The first-order valence-electron chi connectivity index (χ1n) is 13.2. The number of nitrogens with zero attached hydrogens (tertiary/aromatic N) is 5. The minimum absolute atomic E-state index is 0.0104. The molecule has 2 aromatic carbocycles. The molecule has 4 rings (SSSR count). The normalized spacial score (nSPS) is 13.4. The van der Waals surface area contributed by atoms with Gasteiger partial charge < -0.3 is 10.1 Å². The summed E-state index contributed by atoms with van der Waals surface area (Å²) < 4.78 is 72.9. The molecule has 0 bridgehead atoms. The van der Waals surface area contributed by atoms with Gasteiger partial charge in [0.25, 0.3) is 0 Å². The number of rotatable bonds is 10. The van der Waals surface area contributed by atoms with E-state index >= 15 is 0 Å². The molecule has 0 saturated heterocycles. The van der Waals surface area contributed by atoms with Crippen LogP contribution in [-0.4, -0.2) is 85.5 Å². The fourth-order valence-corrected chi connectivity index (χ4v) is 6.87. The maximum Gasteiger partial charge on any atom is 0.473 e. The molecule has 0 atom stereocenters. The summed E-state index contributed by atoms with van der Waals surface area (Å²) in [5.74, 6) is -2.12. The van der Waals surface area contributed by atoms with E-state index in [0.29, 0.717) is 40.3 Å². The Morgan fingerprint density at radius 1 is 1.11 bits per heavy atom. The summed E-state index contributed by atoms with van der Waals surface area (Å²) in [6.45, 7) is 3.91. The second-order valence-electron chi connectivity index (χ2n) is 9.85. The highest BCUT2D eigenvalue weighted by Gasteiger charge is 2.43. The van der Waals surface area contributed by atoms with Crippen molar-refractivity contribution in [2.75, 3.05) is 33.8 Å². The third-order valence-corrected chi connectivity index (χ3v) is 9.62. The highest BCUT2D eigenvalue weighted by molar-refractivity contribution is 7.89. The van der Waals surface area contributed by atoms with Gasteiger partial charge in [0.1, 0.15) is 16.6 Å². The van der Waals surface area contributed by atoms with E-state index in [0.717, 1.165) is 22.2 Å². The lowest BCUT2D eigenvalue weighted by Gasteiger charge is -2.23. The standard InChI is InChI=1S/C27H30F3N7O5S2/c1-16-13-20(42-4)14-17(2)22(16)44(40,41)36(3)15-21-33-34-25(43-21)24(38)35-37(26(39)27(28,29)30)12-9-18-5-7-19(8-6-18)23-31-10-11-32-23/h5-8,13-14H,9-12,15H2,1-4H3,(H,31,32)(H,35,38). The maximum absolute atomic E-state index is 13.3. The lowest BCUT2D eigenvalue weighted by Crippen LogP contribution is -2.52. The maximum atomic E-state index is 13.3. The van der Waals surface area contributed by atoms with Crippen LogP contribution in [0.4, 0.5) is 13.2 Å². The first-order valence-corrected chi connectivity index (χ1v) is 15.5. The van der Waals surface area contributed by atoms with E-state index in [1.165, 1.54) is 14.2 Å². The summed E-state index contributed by atoms with van der Waals surface area (Å²) in [6, 6.07) is 10.1. The number of benzene rings is 2. The minimum atomic E-state index is -5.25. The molecule has 0 radical (unpaired) electrons. The summed E-state index contributed by atoms with van der Waals surface area (Å²) in [5, 5.41) is 10.6. The smallest absolute Gasteiger partial charge is 0.473 e. The Balaban J connectivity index is 1.44. The van der Waals surface area contributed by atoms with E-state index in [1.54, 1.807) is 50.2 Å². The highest BCUT2D eigenvalue weighted by atomic mass is 32.2. The number of carbonyl (C=O) groups excluding carboxylic acids is 2. The van der Waals surface area contributed by atoms with Gasteiger partial charge >= 0.3 is 18.0 Å². The molecular formula is C27H30F3N7O5S2. The van der Waals surface area contributed by atoms with Crippen molar-refractivity contribution in [2.45, 2.75) is 37.9 Å². The molecule has 2 amide bonds. The summed E-state index contributed by atoms with van der Waals surface area (Å²) in [7, 11) is -1.20. The van der Waals surface area contributed by atoms with Crippen molar-refractivity contribution >= 4 is 39.0 Å². The molecule has 1 aromatic heterocycles. The van der Waals surface area contributed by atoms with Crippen LogP contribution in [-0.2, 0) is 27.8 Å². The Hall–Kier alpha value is -4.09. The molecule has 0 aliphatic carbocycles. The van der Waals surface area contributed by atoms with E-state index in [-0.39, 0.29) is 32.9 Å². The van der Waals surface area contributed by atoms with Gasteiger partial charge in [0.2, 0.25) is 15.0 Å². The van der Waals surface area contributed by atoms with Gasteiger partial charge in [-0.3, -0.25) is 20.0 Å². The number of hydrogen-bond donors (Lipinski definition) is 2. The van der Waals surface area contributed by atoms with Crippen LogP contribution in [0.1, 0.15) is 37.1 Å². The van der Waals surface area contributed by atoms with Crippen molar-refractivity contribution < 1.29 is 35.9 Å². The molecule has 0 saturated carbocycles. The fraction of sp³-hybridized carbons (Fsp3) is 0.370. The van der Waals surface area contributed by atoms with Crippen molar-refractivity contribution in [2.24, 2.45) is 4.99 Å². The molecule has 2 N–H and O–H groups in total. The topological polar surface area (TPSA) is 146 Å². The van der Waals surface area contributed by atoms with Crippen LogP contribution in [0.5, 0.6) is 5.75 Å². The average Bonchev–Trinajstić information content (AvgIpc) is 3.67. The lowest BCUT2D eigenvalue weighted by molar-refractivity contribution is -0.187. The number of aromatic nitrogens is 2. The number of methoxy groups -OCH3 is 1. The van der Waals surface area contributed by atoms with Crippen LogP contribution < -0.4 is 15.5 Å². The van der Waals surface area contributed by atoms with Gasteiger partial charge in [-0.1, -0.05) is 35.6 Å². The van der Waals surface area contributed by atoms with Gasteiger partial charge in [0.15, 0.2) is 0 Å². The van der Waals surface area contributed by atoms with E-state index in [2.05, 4.69) is 20.5 Å². The van der Waals surface area contributed by atoms with Gasteiger partial charge in [-0.25, -0.2) is 13.4 Å². The predicted octanol–water partition coefficient (Wildman–Crippen LogP) is 2.61. The molecule has 1 aliphatic rings. The Bertz CT molecular complexity index is 1650. The number of aryl methyl sites for hydroxylation is 2. The third kappa shape index (κ3) is 7.51. The van der Waals surface area contributed by atoms with Crippen molar-refractivity contribution in [3.05, 3.63) is 68.7 Å². The molecule has 2 heterocycles. The number of ether oxygens (including phenoxy) is 1. The van der Waals surface area contributed by atoms with Crippen molar-refractivity contribution in [1.82, 2.24) is 30.3 Å². The molecule has 0 spiro atoms. The summed E-state index contributed by atoms with van der Waals surface area (Å²) >= 11 is 0.688. The van der Waals surface area contributed by atoms with Gasteiger partial charge in [0, 0.05) is 25.7 Å². The van der Waals surface area contributed by atoms with Gasteiger partial charge in [0.05, 0.1) is 25.1 Å². The second-order valence-corrected chi connectivity index (χ2v) is 12.9. The fourth-order valence-electron chi connectivity index (χ4n) is 4.47. The molecule has 1 aliphatic heterocycles. The zero-order valence-electron chi connectivity index (χ0n) is 24.2. The Morgan fingerprint density at radius 2 is 1.77 bits per heavy atom. The van der Waals surface area contributed by atoms with Crippen LogP contribution in [0.3, 0.4) is 0 Å². The molecule has 12 nitrogen and oxygen atoms in total. The van der Waals surface area contributed by atoms with Crippen LogP contribution in [0.2, 0.25) is 0 Å². The quantitative estimate of drug-likeness (QED) is 0.318. The molecule has 44 heavy (non-hydrogen) atoms. The third-order valence-electron chi connectivity index (χ3n) is 6.61. The first-order chi connectivity index (χ1) is 20.7. The van der Waals surface area contributed by atoms with Crippen molar-refractivity contribution in [1.29, 1.82) is 0 Å². The highest BCUT2D eigenvalue weighted by Crippen LogP contribution is 2.29. The van der Waals surface area contributed by atoms with Gasteiger partial charge in [-0.05, 0) is 49.1 Å². The molecule has 236 valence electrons. The predicted molar refractivity (Wildman–Crippen MR) is 156 cm³/mol. The number of hydrazine groups is 1. The molecule has 17 heteroatoms. The zero-order chi connectivity index (χ0) is 32.2. The molecule has 0 fully saturated rings. The molecular weight excluding hydrogens is 623 g/mol. The Kier molecular flexibility index (Phi) is 9.90. The van der Waals surface area contributed by atoms with E-state index in [1.807, 2.05) is 5.43 Å². The largest absolute Gasteiger partial charge is 0.497 e. The zero-order valence-corrected chi connectivity index (χ0v) is 25.9. The van der Waals surface area contributed by atoms with Crippen molar-refractivity contribution in [3.63, 3.8) is 0 Å². The number of sulfonamides is 1. The number of aliphatic imine (C=N–C) groups is 1. The summed E-state index contributed by atoms with van der Waals surface area (Å²) in [5.41, 5.74) is 4.37. The van der Waals surface area contributed by atoms with Crippen LogP contribution in [0.25, 0.3) is 0 Å². The van der Waals surface area contributed by atoms with E-state index < -0.39 is 34.6 Å². The average molecular weight is 654 g/mol. The number of hydrogen-bond acceptors (Lipinski definition) is 10. The number of amidine groups is 1. The van der Waals surface area contributed by atoms with Crippen LogP contribution >= 0.6 is 11.3 Å². The Labute approximate surface area is 256 Å². The first kappa shape index (κ1) is 32.8. The SMILES string of the molecule is COc1cc(C)c(S(=O)(=O)N(C)Cc2nnc(C(=O)NN(CCc3ccc(C4=NCCN4)cc3)C(=O)C(F)(F)F)s2)c(C)c1. The van der Waals surface area contributed by atoms with E-state index in [4.69, 9.17) is 4.74 Å². The van der Waals surface area contributed by atoms with Crippen LogP contribution in [0, 0.1) is 13.8 Å². The van der Waals surface area contributed by atoms with Gasteiger partial charge in [-0.15, -0.1) is 10.2 Å². The van der Waals surface area contributed by atoms with E-state index in [9.17, 15) is 31.2 Å². The number of carbonyl (C=O) groups is 2. The summed E-state index contributed by atoms with van der Waals surface area (Å²) in [4.78, 5) is 29.3. The summed E-state index contributed by atoms with van der Waals surface area (Å²) in [6.07, 6.45) is -5.24. The number of halogens is 3. The van der Waals surface area contributed by atoms with Crippen molar-refractivity contribution in [3.8, 4) is 5.75 Å². The number of nitrogens with one attached hydrogen (secondary N) is 2.